The van der Waals surface area contributed by atoms with Crippen molar-refractivity contribution in [1.29, 1.82) is 0 Å². The molecule has 124 valence electrons. The summed E-state index contributed by atoms with van der Waals surface area (Å²) in [6.07, 6.45) is -2.18. The number of nitrogens with one attached hydrogen (secondary N) is 1. The predicted octanol–water partition coefficient (Wildman–Crippen LogP) is 2.97. The van der Waals surface area contributed by atoms with Crippen LogP contribution in [-0.2, 0) is 17.9 Å². The number of nitrogens with zero attached hydrogens (tertiary/aromatic N) is 1. The molecule has 3 N–H and O–H groups in total. The number of halogens is 3. The van der Waals surface area contributed by atoms with Gasteiger partial charge in [0.15, 0.2) is 5.96 Å². The molecule has 0 aliphatic heterocycles. The Labute approximate surface area is 128 Å². The van der Waals surface area contributed by atoms with E-state index in [9.17, 15) is 13.2 Å². The van der Waals surface area contributed by atoms with Gasteiger partial charge in [-0.25, -0.2) is 4.99 Å². The Morgan fingerprint density at radius 1 is 1.23 bits per heavy atom. The zero-order valence-electron chi connectivity index (χ0n) is 12.6. The summed E-state index contributed by atoms with van der Waals surface area (Å²) in [7, 11) is 0. The van der Waals surface area contributed by atoms with Gasteiger partial charge in [-0.15, -0.1) is 0 Å². The molecular weight excluding hydrogens is 295 g/mol. The molecular formula is C15H22F3N3O. The third-order valence-electron chi connectivity index (χ3n) is 2.83. The first-order valence-electron chi connectivity index (χ1n) is 7.17. The third kappa shape index (κ3) is 8.51. The van der Waals surface area contributed by atoms with E-state index < -0.39 is 12.8 Å². The number of rotatable bonds is 8. The highest BCUT2D eigenvalue weighted by molar-refractivity contribution is 5.77. The number of guanidine groups is 1. The van der Waals surface area contributed by atoms with Crippen molar-refractivity contribution in [2.24, 2.45) is 10.7 Å². The van der Waals surface area contributed by atoms with Gasteiger partial charge in [-0.1, -0.05) is 37.6 Å². The van der Waals surface area contributed by atoms with Crippen molar-refractivity contribution in [3.05, 3.63) is 35.4 Å². The van der Waals surface area contributed by atoms with E-state index in [2.05, 4.69) is 22.0 Å². The first kappa shape index (κ1) is 18.3. The molecule has 0 aliphatic carbocycles. The molecule has 1 aromatic carbocycles. The highest BCUT2D eigenvalue weighted by Crippen LogP contribution is 2.15. The maximum Gasteiger partial charge on any atom is 0.411 e. The normalized spacial score (nSPS) is 12.5. The van der Waals surface area contributed by atoms with Crippen LogP contribution in [0.5, 0.6) is 0 Å². The molecule has 0 bridgehead atoms. The fourth-order valence-electron chi connectivity index (χ4n) is 1.65. The molecule has 1 aromatic rings. The lowest BCUT2D eigenvalue weighted by atomic mass is 10.1. The van der Waals surface area contributed by atoms with Crippen LogP contribution in [0.2, 0.25) is 0 Å². The second-order valence-electron chi connectivity index (χ2n) is 4.91. The van der Waals surface area contributed by atoms with Crippen molar-refractivity contribution >= 4 is 5.96 Å². The van der Waals surface area contributed by atoms with Crippen molar-refractivity contribution in [2.75, 3.05) is 13.2 Å². The van der Waals surface area contributed by atoms with Crippen LogP contribution in [0, 0.1) is 0 Å². The van der Waals surface area contributed by atoms with E-state index in [-0.39, 0.29) is 6.61 Å². The van der Waals surface area contributed by atoms with Gasteiger partial charge in [0.1, 0.15) is 6.61 Å². The Bertz CT molecular complexity index is 458. The first-order chi connectivity index (χ1) is 10.4. The quantitative estimate of drug-likeness (QED) is 0.440. The van der Waals surface area contributed by atoms with Crippen LogP contribution < -0.4 is 11.1 Å². The van der Waals surface area contributed by atoms with E-state index in [4.69, 9.17) is 5.73 Å². The Morgan fingerprint density at radius 2 is 1.86 bits per heavy atom. The maximum atomic E-state index is 12.0. The molecule has 0 unspecified atom stereocenters. The SMILES string of the molecule is CCCCNC(N)=NCc1ccc(COCC(F)(F)F)cc1. The van der Waals surface area contributed by atoms with Crippen molar-refractivity contribution < 1.29 is 17.9 Å². The first-order valence-corrected chi connectivity index (χ1v) is 7.17. The number of hydrogen-bond acceptors (Lipinski definition) is 2. The standard InChI is InChI=1S/C15H22F3N3O/c1-2-3-8-20-14(19)21-9-12-4-6-13(7-5-12)10-22-11-15(16,17)18/h4-7H,2-3,8-11H2,1H3,(H3,19,20,21). The maximum absolute atomic E-state index is 12.0. The van der Waals surface area contributed by atoms with E-state index in [1.165, 1.54) is 0 Å². The van der Waals surface area contributed by atoms with E-state index >= 15 is 0 Å². The van der Waals surface area contributed by atoms with Crippen LogP contribution in [0.3, 0.4) is 0 Å². The van der Waals surface area contributed by atoms with Gasteiger partial charge in [-0.3, -0.25) is 0 Å². The van der Waals surface area contributed by atoms with E-state index in [1.807, 2.05) is 0 Å². The Morgan fingerprint density at radius 3 is 2.45 bits per heavy atom. The lowest BCUT2D eigenvalue weighted by Gasteiger charge is -2.08. The molecule has 0 heterocycles. The molecule has 0 saturated carbocycles. The minimum atomic E-state index is -4.29. The predicted molar refractivity (Wildman–Crippen MR) is 80.4 cm³/mol. The monoisotopic (exact) mass is 317 g/mol. The van der Waals surface area contributed by atoms with Crippen LogP contribution >= 0.6 is 0 Å². The van der Waals surface area contributed by atoms with Crippen LogP contribution in [0.25, 0.3) is 0 Å². The summed E-state index contributed by atoms with van der Waals surface area (Å²) in [5.41, 5.74) is 7.33. The van der Waals surface area contributed by atoms with Crippen LogP contribution in [0.15, 0.2) is 29.3 Å². The average molecular weight is 317 g/mol. The number of ether oxygens (including phenoxy) is 1. The number of alkyl halides is 3. The van der Waals surface area contributed by atoms with Crippen molar-refractivity contribution in [3.8, 4) is 0 Å². The highest BCUT2D eigenvalue weighted by Gasteiger charge is 2.27. The van der Waals surface area contributed by atoms with E-state index in [0.29, 0.717) is 18.1 Å². The molecule has 0 aliphatic rings. The smallest absolute Gasteiger partial charge is 0.370 e. The van der Waals surface area contributed by atoms with Crippen molar-refractivity contribution in [1.82, 2.24) is 5.32 Å². The van der Waals surface area contributed by atoms with Gasteiger partial charge >= 0.3 is 6.18 Å². The minimum absolute atomic E-state index is 0.0657. The number of nitrogens with two attached hydrogens (primary N) is 1. The third-order valence-corrected chi connectivity index (χ3v) is 2.83. The summed E-state index contributed by atoms with van der Waals surface area (Å²) in [6, 6.07) is 7.05. The second kappa shape index (κ2) is 9.30. The van der Waals surface area contributed by atoms with Gasteiger partial charge in [-0.05, 0) is 17.5 Å². The molecule has 4 nitrogen and oxygen atoms in total. The number of unbranched alkanes of at least 4 members (excludes halogenated alkanes) is 1. The zero-order valence-corrected chi connectivity index (χ0v) is 12.6. The topological polar surface area (TPSA) is 59.6 Å². The van der Waals surface area contributed by atoms with Crippen LogP contribution in [0.4, 0.5) is 13.2 Å². The van der Waals surface area contributed by atoms with Gasteiger partial charge in [0.25, 0.3) is 0 Å². The summed E-state index contributed by atoms with van der Waals surface area (Å²) < 4.78 is 40.5. The summed E-state index contributed by atoms with van der Waals surface area (Å²) in [6.45, 7) is 2.01. The van der Waals surface area contributed by atoms with Crippen molar-refractivity contribution in [3.63, 3.8) is 0 Å². The van der Waals surface area contributed by atoms with E-state index in [0.717, 1.165) is 24.9 Å². The lowest BCUT2D eigenvalue weighted by molar-refractivity contribution is -0.176. The molecule has 0 fully saturated rings. The minimum Gasteiger partial charge on any atom is -0.370 e. The Kier molecular flexibility index (Phi) is 7.73. The molecule has 0 aromatic heterocycles. The van der Waals surface area contributed by atoms with Gasteiger partial charge in [0.05, 0.1) is 13.2 Å². The highest BCUT2D eigenvalue weighted by atomic mass is 19.4. The summed E-state index contributed by atoms with van der Waals surface area (Å²) in [5, 5.41) is 3.01. The number of benzene rings is 1. The molecule has 0 saturated heterocycles. The zero-order chi connectivity index (χ0) is 16.4. The summed E-state index contributed by atoms with van der Waals surface area (Å²) >= 11 is 0. The van der Waals surface area contributed by atoms with Crippen LogP contribution in [0.1, 0.15) is 30.9 Å². The molecule has 0 spiro atoms. The van der Waals surface area contributed by atoms with E-state index in [1.54, 1.807) is 24.3 Å². The lowest BCUT2D eigenvalue weighted by Crippen LogP contribution is -2.32. The summed E-state index contributed by atoms with van der Waals surface area (Å²) in [4.78, 5) is 4.19. The molecule has 0 radical (unpaired) electrons. The Balaban J connectivity index is 2.36. The van der Waals surface area contributed by atoms with Gasteiger partial charge in [0.2, 0.25) is 0 Å². The Hall–Kier alpha value is -1.76. The van der Waals surface area contributed by atoms with Gasteiger partial charge in [0, 0.05) is 6.54 Å². The largest absolute Gasteiger partial charge is 0.411 e. The molecule has 7 heteroatoms. The van der Waals surface area contributed by atoms with Crippen LogP contribution in [-0.4, -0.2) is 25.3 Å². The molecule has 0 atom stereocenters. The van der Waals surface area contributed by atoms with Crippen molar-refractivity contribution in [2.45, 2.75) is 39.1 Å². The molecule has 0 amide bonds. The number of hydrogen-bond donors (Lipinski definition) is 2. The van der Waals surface area contributed by atoms with Gasteiger partial charge < -0.3 is 15.8 Å². The second-order valence-corrected chi connectivity index (χ2v) is 4.91. The number of aliphatic imine (C=N–C) groups is 1. The molecule has 1 rings (SSSR count). The summed E-state index contributed by atoms with van der Waals surface area (Å²) in [5.74, 6) is 0.394. The fraction of sp³-hybridized carbons (Fsp3) is 0.533. The molecule has 22 heavy (non-hydrogen) atoms. The van der Waals surface area contributed by atoms with Gasteiger partial charge in [-0.2, -0.15) is 13.2 Å². The average Bonchev–Trinajstić information content (AvgIpc) is 2.45. The fourth-order valence-corrected chi connectivity index (χ4v) is 1.65.